The second-order valence-electron chi connectivity index (χ2n) is 17.6. The fourth-order valence-corrected chi connectivity index (χ4v) is 7.16. The number of carboxylic acids is 2. The summed E-state index contributed by atoms with van der Waals surface area (Å²) in [5, 5.41) is 55.4. The van der Waals surface area contributed by atoms with Gasteiger partial charge in [-0.3, -0.25) is 57.9 Å². The van der Waals surface area contributed by atoms with Crippen LogP contribution in [0.15, 0.2) is 9.98 Å². The average Bonchev–Trinajstić information content (AvgIpc) is 3.81. The topological polar surface area (TPSA) is 537 Å². The summed E-state index contributed by atoms with van der Waals surface area (Å²) in [5.74, 6) is -12.0. The van der Waals surface area contributed by atoms with E-state index in [0.29, 0.717) is 0 Å². The molecule has 9 amide bonds. The molecule has 1 rings (SSSR count). The number of amides is 9. The van der Waals surface area contributed by atoms with E-state index < -0.39 is 152 Å². The fourth-order valence-electron chi connectivity index (χ4n) is 7.16. The Morgan fingerprint density at radius 3 is 1.52 bits per heavy atom. The van der Waals surface area contributed by atoms with E-state index in [4.69, 9.17) is 34.4 Å². The molecule has 0 saturated carbocycles. The van der Waals surface area contributed by atoms with Crippen molar-refractivity contribution in [1.82, 2.24) is 42.1 Å². The van der Waals surface area contributed by atoms with Gasteiger partial charge < -0.3 is 96.9 Å². The van der Waals surface area contributed by atoms with Gasteiger partial charge in [0.05, 0.1) is 19.3 Å². The minimum absolute atomic E-state index is 0.00318. The van der Waals surface area contributed by atoms with Crippen LogP contribution in [0.4, 0.5) is 0 Å². The molecule has 73 heavy (non-hydrogen) atoms. The maximum Gasteiger partial charge on any atom is 0.326 e. The smallest absolute Gasteiger partial charge is 0.326 e. The van der Waals surface area contributed by atoms with Gasteiger partial charge in [0, 0.05) is 32.5 Å². The highest BCUT2D eigenvalue weighted by atomic mass is 16.4. The lowest BCUT2D eigenvalue weighted by atomic mass is 10.0. The molecule has 0 aliphatic carbocycles. The van der Waals surface area contributed by atoms with Crippen molar-refractivity contribution in [1.29, 1.82) is 0 Å². The summed E-state index contributed by atoms with van der Waals surface area (Å²) in [6.07, 6.45) is -1.71. The van der Waals surface area contributed by atoms with Crippen molar-refractivity contribution in [2.75, 3.05) is 32.8 Å². The number of carbonyl (C=O) groups excluding carboxylic acids is 9. The Kier molecular flexibility index (Phi) is 28.4. The Balaban J connectivity index is 3.36. The van der Waals surface area contributed by atoms with E-state index in [1.165, 1.54) is 6.92 Å². The Hall–Kier alpha value is -7.41. The van der Waals surface area contributed by atoms with Crippen molar-refractivity contribution in [2.45, 2.75) is 146 Å². The van der Waals surface area contributed by atoms with Crippen molar-refractivity contribution in [2.24, 2.45) is 50.3 Å². The van der Waals surface area contributed by atoms with Crippen molar-refractivity contribution in [3.63, 3.8) is 0 Å². The fraction of sp³-hybridized carbons (Fsp3) is 0.690. The second-order valence-corrected chi connectivity index (χ2v) is 17.6. The van der Waals surface area contributed by atoms with Gasteiger partial charge in [-0.05, 0) is 70.6 Å². The number of guanidine groups is 2. The monoisotopic (exact) mass is 1040 g/mol. The van der Waals surface area contributed by atoms with Crippen LogP contribution in [0.25, 0.3) is 0 Å². The molecule has 1 aliphatic rings. The lowest BCUT2D eigenvalue weighted by Gasteiger charge is -2.31. The maximum atomic E-state index is 14.3. The Bertz CT molecular complexity index is 2000. The summed E-state index contributed by atoms with van der Waals surface area (Å²) in [6.45, 7) is 2.78. The summed E-state index contributed by atoms with van der Waals surface area (Å²) in [5.41, 5.74) is 32.6. The van der Waals surface area contributed by atoms with Crippen LogP contribution in [0.1, 0.15) is 91.4 Å². The zero-order chi connectivity index (χ0) is 55.5. The standard InChI is InChI=1S/C42H74N16O15/c1-20(2)17-22(43)33(65)56-27(18-59)37(69)57-28(19-60)36(68)52-23(7-4-14-49-41(45)46)35(67)54-25(11-13-31(62)63)39(71)58-16-6-9-29(58)38(70)53-24(10-12-30(44)61)34(66)51-21(3)32(64)55-26(40(72)73)8-5-15-50-42(47)48/h20-29,59-60H,4-19,43H2,1-3H3,(H2,44,61)(H,51,66)(H,52,68)(H,53,70)(H,54,67)(H,55,64)(H,56,65)(H,57,69)(H,62,63)(H,72,73)(H4,45,46,49)(H4,47,48,50)/t21-,22-,23-,24-,25-,26-,27-,28-,29-/m0/s1. The Labute approximate surface area is 420 Å². The van der Waals surface area contributed by atoms with Gasteiger partial charge in [0.15, 0.2) is 11.9 Å². The molecule has 0 bridgehead atoms. The first-order valence-electron chi connectivity index (χ1n) is 23.5. The molecule has 1 aliphatic heterocycles. The van der Waals surface area contributed by atoms with Gasteiger partial charge >= 0.3 is 11.9 Å². The quantitative estimate of drug-likeness (QED) is 0.0162. The number of carbonyl (C=O) groups is 11. The van der Waals surface area contributed by atoms with E-state index >= 15 is 0 Å². The number of hydrogen-bond donors (Lipinski definition) is 17. The largest absolute Gasteiger partial charge is 0.481 e. The molecule has 1 heterocycles. The molecular formula is C42H74N16O15. The van der Waals surface area contributed by atoms with E-state index in [-0.39, 0.29) is 88.8 Å². The average molecular weight is 1040 g/mol. The van der Waals surface area contributed by atoms with E-state index in [0.717, 1.165) is 4.90 Å². The molecule has 9 atom stereocenters. The number of aliphatic hydroxyl groups excluding tert-OH is 2. The van der Waals surface area contributed by atoms with Gasteiger partial charge in [-0.25, -0.2) is 4.79 Å². The highest BCUT2D eigenvalue weighted by Gasteiger charge is 2.40. The van der Waals surface area contributed by atoms with Gasteiger partial charge in [-0.2, -0.15) is 0 Å². The number of primary amides is 1. The molecule has 0 radical (unpaired) electrons. The molecule has 412 valence electrons. The van der Waals surface area contributed by atoms with Gasteiger partial charge in [-0.15, -0.1) is 0 Å². The third kappa shape index (κ3) is 24.0. The highest BCUT2D eigenvalue weighted by Crippen LogP contribution is 2.21. The molecule has 1 saturated heterocycles. The molecule has 31 nitrogen and oxygen atoms in total. The number of nitrogens with zero attached hydrogens (tertiary/aromatic N) is 3. The lowest BCUT2D eigenvalue weighted by Crippen LogP contribution is -2.61. The van der Waals surface area contributed by atoms with Crippen LogP contribution in [-0.2, 0) is 52.7 Å². The van der Waals surface area contributed by atoms with Crippen LogP contribution >= 0.6 is 0 Å². The molecule has 1 fully saturated rings. The number of hydrogen-bond acceptors (Lipinski definition) is 16. The van der Waals surface area contributed by atoms with Gasteiger partial charge in [0.25, 0.3) is 0 Å². The SMILES string of the molecule is CC(C)C[C@H](N)C(=O)N[C@@H](CO)C(=O)N[C@@H](CO)C(=O)N[C@@H](CCCN=C(N)N)C(=O)N[C@@H](CCC(=O)O)C(=O)N1CCC[C@H]1C(=O)N[C@@H](CCC(N)=O)C(=O)N[C@@H](C)C(=O)N[C@@H](CCCN=C(N)N)C(=O)O. The zero-order valence-corrected chi connectivity index (χ0v) is 41.2. The molecule has 23 N–H and O–H groups in total. The summed E-state index contributed by atoms with van der Waals surface area (Å²) in [6, 6.07) is -13.3. The zero-order valence-electron chi connectivity index (χ0n) is 41.2. The molecule has 0 aromatic rings. The van der Waals surface area contributed by atoms with Gasteiger partial charge in [-0.1, -0.05) is 13.8 Å². The number of aliphatic carboxylic acids is 2. The van der Waals surface area contributed by atoms with Crippen LogP contribution in [-0.4, -0.2) is 190 Å². The molecule has 31 heteroatoms. The van der Waals surface area contributed by atoms with E-state index in [1.54, 1.807) is 0 Å². The van der Waals surface area contributed by atoms with Crippen molar-refractivity contribution in [3.05, 3.63) is 0 Å². The number of nitrogens with two attached hydrogens (primary N) is 6. The van der Waals surface area contributed by atoms with Crippen molar-refractivity contribution in [3.8, 4) is 0 Å². The first-order chi connectivity index (χ1) is 34.2. The number of carboxylic acid groups (broad SMARTS) is 2. The van der Waals surface area contributed by atoms with Crippen LogP contribution in [0.3, 0.4) is 0 Å². The Morgan fingerprint density at radius 2 is 1.03 bits per heavy atom. The van der Waals surface area contributed by atoms with Gasteiger partial charge in [0.2, 0.25) is 53.2 Å². The molecule has 0 spiro atoms. The maximum absolute atomic E-state index is 14.3. The second kappa shape index (κ2) is 32.5. The summed E-state index contributed by atoms with van der Waals surface area (Å²) >= 11 is 0. The highest BCUT2D eigenvalue weighted by molar-refractivity contribution is 5.98. The van der Waals surface area contributed by atoms with Crippen molar-refractivity contribution >= 4 is 77.0 Å². The van der Waals surface area contributed by atoms with Crippen LogP contribution in [0.2, 0.25) is 0 Å². The van der Waals surface area contributed by atoms with Crippen LogP contribution in [0, 0.1) is 5.92 Å². The predicted molar refractivity (Wildman–Crippen MR) is 258 cm³/mol. The van der Waals surface area contributed by atoms with E-state index in [9.17, 15) is 73.2 Å². The number of nitrogens with one attached hydrogen (secondary N) is 7. The number of likely N-dealkylation sites (tertiary alicyclic amines) is 1. The van der Waals surface area contributed by atoms with Crippen LogP contribution < -0.4 is 71.6 Å². The summed E-state index contributed by atoms with van der Waals surface area (Å²) < 4.78 is 0. The number of rotatable bonds is 34. The summed E-state index contributed by atoms with van der Waals surface area (Å²) in [7, 11) is 0. The third-order valence-corrected chi connectivity index (χ3v) is 11.0. The lowest BCUT2D eigenvalue weighted by molar-refractivity contribution is -0.143. The number of aliphatic hydroxyl groups is 2. The minimum Gasteiger partial charge on any atom is -0.481 e. The molecule has 0 aromatic heterocycles. The Morgan fingerprint density at radius 1 is 0.575 bits per heavy atom. The number of aliphatic imine (C=N–C) groups is 2. The predicted octanol–water partition coefficient (Wildman–Crippen LogP) is -7.93. The van der Waals surface area contributed by atoms with E-state index in [2.05, 4.69) is 47.2 Å². The van der Waals surface area contributed by atoms with Crippen LogP contribution in [0.5, 0.6) is 0 Å². The molecule has 0 unspecified atom stereocenters. The normalized spacial score (nSPS) is 16.3. The first-order valence-corrected chi connectivity index (χ1v) is 23.5. The van der Waals surface area contributed by atoms with Gasteiger partial charge in [0.1, 0.15) is 48.3 Å². The first kappa shape index (κ1) is 63.6. The molecule has 0 aromatic carbocycles. The minimum atomic E-state index is -1.78. The summed E-state index contributed by atoms with van der Waals surface area (Å²) in [4.78, 5) is 152. The molecular weight excluding hydrogens is 969 g/mol. The third-order valence-electron chi connectivity index (χ3n) is 11.0. The van der Waals surface area contributed by atoms with E-state index in [1.807, 2.05) is 13.8 Å². The van der Waals surface area contributed by atoms with Crippen molar-refractivity contribution < 1.29 is 73.2 Å².